The lowest BCUT2D eigenvalue weighted by molar-refractivity contribution is -0.121. The summed E-state index contributed by atoms with van der Waals surface area (Å²) in [5, 5.41) is 8.06. The van der Waals surface area contributed by atoms with Crippen molar-refractivity contribution in [3.8, 4) is 28.7 Å². The molecule has 1 saturated heterocycles. The Bertz CT molecular complexity index is 1910. The van der Waals surface area contributed by atoms with E-state index in [2.05, 4.69) is 26.3 Å². The number of hydrogen-bond donors (Lipinski definition) is 1. The van der Waals surface area contributed by atoms with E-state index in [9.17, 15) is 9.59 Å². The van der Waals surface area contributed by atoms with Crippen molar-refractivity contribution in [3.63, 3.8) is 0 Å². The highest BCUT2D eigenvalue weighted by atomic mass is 16.7. The number of nitrogens with zero attached hydrogens (tertiary/aromatic N) is 5. The second-order valence-electron chi connectivity index (χ2n) is 13.2. The number of benzene rings is 2. The van der Waals surface area contributed by atoms with Gasteiger partial charge in [0.15, 0.2) is 28.8 Å². The third-order valence-corrected chi connectivity index (χ3v) is 9.74. The standard InChI is InChI=1S/C37H44N6O8/c1-23-14-27(51-40-23)21-41-12-13-42(37(45)25-7-8-30-31(16-25)50-22-49-30)11-9-33(44)38-18-24-6-5-10-43(19-24)36-26(20-41)15-28-29(39-36)17-32(46-2)35(48-4)34(28)47-3/h7-8,14-17,24H,5-6,9-13,18-22H2,1-4H3,(H,38,44). The fraction of sp³-hybridized carbons (Fsp3) is 0.459. The van der Waals surface area contributed by atoms with Gasteiger partial charge in [0, 0.05) is 80.9 Å². The number of pyridine rings is 1. The fourth-order valence-electron chi connectivity index (χ4n) is 7.17. The summed E-state index contributed by atoms with van der Waals surface area (Å²) >= 11 is 0. The van der Waals surface area contributed by atoms with Crippen molar-refractivity contribution in [2.45, 2.75) is 39.3 Å². The molecule has 0 radical (unpaired) electrons. The number of carbonyl (C=O) groups is 2. The molecule has 0 saturated carbocycles. The van der Waals surface area contributed by atoms with Crippen LogP contribution in [0.1, 0.15) is 46.6 Å². The molecule has 14 nitrogen and oxygen atoms in total. The summed E-state index contributed by atoms with van der Waals surface area (Å²) in [6.07, 6.45) is 2.14. The number of methoxy groups -OCH3 is 3. The van der Waals surface area contributed by atoms with E-state index in [4.69, 9.17) is 33.2 Å². The summed E-state index contributed by atoms with van der Waals surface area (Å²) in [5.41, 5.74) is 2.95. The molecule has 2 bridgehead atoms. The number of ether oxygens (including phenoxy) is 5. The number of aryl methyl sites for hydroxylation is 1. The number of fused-ring (bicyclic) bond motifs is 6. The van der Waals surface area contributed by atoms with Gasteiger partial charge in [-0.3, -0.25) is 14.5 Å². The van der Waals surface area contributed by atoms with Gasteiger partial charge in [0.05, 0.1) is 39.1 Å². The summed E-state index contributed by atoms with van der Waals surface area (Å²) < 4.78 is 34.0. The third-order valence-electron chi connectivity index (χ3n) is 9.74. The Hall–Kier alpha value is -5.24. The van der Waals surface area contributed by atoms with Crippen LogP contribution in [0.2, 0.25) is 0 Å². The maximum atomic E-state index is 14.0. The van der Waals surface area contributed by atoms with Gasteiger partial charge in [0.2, 0.25) is 18.4 Å². The molecular formula is C37H44N6O8. The molecule has 1 atom stereocenters. The molecule has 1 N–H and O–H groups in total. The molecular weight excluding hydrogens is 656 g/mol. The molecule has 2 aromatic heterocycles. The van der Waals surface area contributed by atoms with Crippen molar-refractivity contribution in [1.29, 1.82) is 0 Å². The van der Waals surface area contributed by atoms with Gasteiger partial charge < -0.3 is 43.3 Å². The Morgan fingerprint density at radius 3 is 2.61 bits per heavy atom. The molecule has 7 rings (SSSR count). The van der Waals surface area contributed by atoms with Crippen molar-refractivity contribution in [2.75, 3.05) is 72.3 Å². The lowest BCUT2D eigenvalue weighted by atomic mass is 9.97. The molecule has 2 aromatic carbocycles. The van der Waals surface area contributed by atoms with Gasteiger partial charge >= 0.3 is 0 Å². The Labute approximate surface area is 296 Å². The minimum atomic E-state index is -0.193. The number of piperidine rings is 1. The van der Waals surface area contributed by atoms with Crippen LogP contribution in [-0.4, -0.2) is 99.1 Å². The van der Waals surface area contributed by atoms with Crippen LogP contribution in [0.15, 0.2) is 40.9 Å². The highest BCUT2D eigenvalue weighted by molar-refractivity contribution is 5.95. The van der Waals surface area contributed by atoms with Crippen LogP contribution in [0.3, 0.4) is 0 Å². The van der Waals surface area contributed by atoms with Gasteiger partial charge in [-0.15, -0.1) is 0 Å². The second kappa shape index (κ2) is 14.9. The molecule has 51 heavy (non-hydrogen) atoms. The Kier molecular flexibility index (Phi) is 10.0. The van der Waals surface area contributed by atoms with Crippen LogP contribution in [0, 0.1) is 12.8 Å². The van der Waals surface area contributed by atoms with Gasteiger partial charge in [-0.2, -0.15) is 0 Å². The van der Waals surface area contributed by atoms with Gasteiger partial charge in [0.25, 0.3) is 5.91 Å². The first-order valence-corrected chi connectivity index (χ1v) is 17.3. The SMILES string of the molecule is COc1cc2nc3c(cc2c(OC)c1OC)CN(Cc1cc(C)no1)CCN(C(=O)c1ccc2c(c1)OCO2)CCC(=O)NCC1CCCN3C1. The smallest absolute Gasteiger partial charge is 0.254 e. The largest absolute Gasteiger partial charge is 0.493 e. The van der Waals surface area contributed by atoms with Crippen molar-refractivity contribution in [2.24, 2.45) is 5.92 Å². The number of anilines is 1. The summed E-state index contributed by atoms with van der Waals surface area (Å²) in [5.74, 6) is 4.20. The number of hydrogen-bond acceptors (Lipinski definition) is 12. The van der Waals surface area contributed by atoms with Crippen molar-refractivity contribution >= 4 is 28.5 Å². The minimum absolute atomic E-state index is 0.0860. The van der Waals surface area contributed by atoms with Crippen molar-refractivity contribution < 1.29 is 37.8 Å². The molecule has 270 valence electrons. The average molecular weight is 701 g/mol. The van der Waals surface area contributed by atoms with E-state index < -0.39 is 0 Å². The second-order valence-corrected chi connectivity index (χ2v) is 13.2. The van der Waals surface area contributed by atoms with Gasteiger partial charge in [0.1, 0.15) is 5.82 Å². The number of carbonyl (C=O) groups excluding carboxylic acids is 2. The average Bonchev–Trinajstić information content (AvgIpc) is 3.80. The first kappa shape index (κ1) is 34.2. The monoisotopic (exact) mass is 700 g/mol. The van der Waals surface area contributed by atoms with E-state index in [1.54, 1.807) is 44.4 Å². The van der Waals surface area contributed by atoms with E-state index in [0.717, 1.165) is 53.9 Å². The van der Waals surface area contributed by atoms with Crippen LogP contribution in [0.5, 0.6) is 28.7 Å². The highest BCUT2D eigenvalue weighted by Gasteiger charge is 2.28. The maximum Gasteiger partial charge on any atom is 0.254 e. The summed E-state index contributed by atoms with van der Waals surface area (Å²) in [7, 11) is 4.80. The van der Waals surface area contributed by atoms with Gasteiger partial charge in [-0.25, -0.2) is 4.98 Å². The zero-order valence-electron chi connectivity index (χ0n) is 29.5. The number of amides is 2. The molecule has 3 aliphatic heterocycles. The van der Waals surface area contributed by atoms with Crippen LogP contribution < -0.4 is 33.9 Å². The number of rotatable bonds is 6. The molecule has 1 unspecified atom stereocenters. The highest BCUT2D eigenvalue weighted by Crippen LogP contribution is 2.44. The van der Waals surface area contributed by atoms with Crippen molar-refractivity contribution in [1.82, 2.24) is 25.3 Å². The Morgan fingerprint density at radius 2 is 1.82 bits per heavy atom. The van der Waals surface area contributed by atoms with Crippen molar-refractivity contribution in [3.05, 3.63) is 59.0 Å². The van der Waals surface area contributed by atoms with Gasteiger partial charge in [-0.05, 0) is 49.9 Å². The quantitative estimate of drug-likeness (QED) is 0.309. The summed E-state index contributed by atoms with van der Waals surface area (Å²) in [6, 6.07) is 11.1. The summed E-state index contributed by atoms with van der Waals surface area (Å²) in [4.78, 5) is 38.8. The van der Waals surface area contributed by atoms with E-state index in [1.807, 2.05) is 19.1 Å². The Morgan fingerprint density at radius 1 is 0.980 bits per heavy atom. The predicted octanol–water partition coefficient (Wildman–Crippen LogP) is 4.17. The predicted molar refractivity (Wildman–Crippen MR) is 188 cm³/mol. The molecule has 14 heteroatoms. The minimum Gasteiger partial charge on any atom is -0.493 e. The zero-order valence-corrected chi connectivity index (χ0v) is 29.5. The maximum absolute atomic E-state index is 14.0. The molecule has 4 aromatic rings. The number of aromatic nitrogens is 2. The lowest BCUT2D eigenvalue weighted by Gasteiger charge is -2.35. The van der Waals surface area contributed by atoms with E-state index in [1.165, 1.54) is 0 Å². The zero-order chi connectivity index (χ0) is 35.5. The lowest BCUT2D eigenvalue weighted by Crippen LogP contribution is -2.42. The molecule has 5 heterocycles. The molecule has 0 aliphatic carbocycles. The first-order valence-electron chi connectivity index (χ1n) is 17.3. The fourth-order valence-corrected chi connectivity index (χ4v) is 7.17. The topological polar surface area (TPSA) is 141 Å². The van der Waals surface area contributed by atoms with E-state index in [-0.39, 0.29) is 37.5 Å². The Balaban J connectivity index is 1.30. The molecule has 3 aliphatic rings. The van der Waals surface area contributed by atoms with Crippen LogP contribution in [0.25, 0.3) is 10.9 Å². The van der Waals surface area contributed by atoms with Gasteiger partial charge in [-0.1, -0.05) is 5.16 Å². The van der Waals surface area contributed by atoms with Crippen LogP contribution in [-0.2, 0) is 17.9 Å². The first-order chi connectivity index (χ1) is 24.8. The number of nitrogens with one attached hydrogen (secondary N) is 1. The van der Waals surface area contributed by atoms with E-state index >= 15 is 0 Å². The normalized spacial score (nSPS) is 18.4. The third kappa shape index (κ3) is 7.32. The van der Waals surface area contributed by atoms with Crippen LogP contribution in [0.4, 0.5) is 5.82 Å². The molecule has 1 fully saturated rings. The molecule has 2 amide bonds. The molecule has 0 spiro atoms. The summed E-state index contributed by atoms with van der Waals surface area (Å²) in [6.45, 7) is 6.13. The van der Waals surface area contributed by atoms with Crippen LogP contribution >= 0.6 is 0 Å². The van der Waals surface area contributed by atoms with E-state index in [0.29, 0.717) is 72.8 Å².